The standard InChI is InChI=1S/C22H34Si/c1-14(20-10-11-21(13-20)23(7,8)9)12-22-18(5)16(3)15(2)17(4)19(22)6/h11,13-14H,10,12H2,1-9H3. The highest BCUT2D eigenvalue weighted by Crippen LogP contribution is 2.34. The summed E-state index contributed by atoms with van der Waals surface area (Å²) in [5.41, 5.74) is 10.7. The summed E-state index contributed by atoms with van der Waals surface area (Å²) in [5, 5.41) is 1.64. The predicted octanol–water partition coefficient (Wildman–Crippen LogP) is 6.54. The van der Waals surface area contributed by atoms with Gasteiger partial charge >= 0.3 is 0 Å². The molecule has 0 amide bonds. The Morgan fingerprint density at radius 3 is 1.78 bits per heavy atom. The summed E-state index contributed by atoms with van der Waals surface area (Å²) in [6.07, 6.45) is 7.36. The largest absolute Gasteiger partial charge is 0.0812 e. The van der Waals surface area contributed by atoms with E-state index in [4.69, 9.17) is 0 Å². The highest BCUT2D eigenvalue weighted by Gasteiger charge is 2.24. The molecule has 0 spiro atoms. The molecule has 0 aromatic heterocycles. The van der Waals surface area contributed by atoms with Crippen molar-refractivity contribution < 1.29 is 0 Å². The van der Waals surface area contributed by atoms with E-state index in [1.165, 1.54) is 40.7 Å². The van der Waals surface area contributed by atoms with Crippen molar-refractivity contribution in [1.82, 2.24) is 0 Å². The Morgan fingerprint density at radius 1 is 0.870 bits per heavy atom. The van der Waals surface area contributed by atoms with Crippen molar-refractivity contribution >= 4 is 8.07 Å². The second-order valence-electron chi connectivity index (χ2n) is 8.54. The number of hydrogen-bond acceptors (Lipinski definition) is 0. The number of benzene rings is 1. The monoisotopic (exact) mass is 326 g/mol. The lowest BCUT2D eigenvalue weighted by atomic mass is 9.83. The first-order valence-corrected chi connectivity index (χ1v) is 12.5. The molecule has 2 rings (SSSR count). The zero-order chi connectivity index (χ0) is 17.5. The minimum absolute atomic E-state index is 0.638. The first-order valence-electron chi connectivity index (χ1n) is 9.01. The second kappa shape index (κ2) is 6.43. The Labute approximate surface area is 144 Å². The maximum Gasteiger partial charge on any atom is 0.0771 e. The molecule has 0 N–H and O–H groups in total. The molecule has 1 aromatic carbocycles. The van der Waals surface area contributed by atoms with E-state index in [0.717, 1.165) is 0 Å². The molecule has 23 heavy (non-hydrogen) atoms. The first-order chi connectivity index (χ1) is 10.5. The molecule has 0 aliphatic heterocycles. The molecule has 1 aliphatic carbocycles. The van der Waals surface area contributed by atoms with Crippen molar-refractivity contribution in [3.05, 3.63) is 56.3 Å². The van der Waals surface area contributed by atoms with Crippen LogP contribution in [0, 0.1) is 40.5 Å². The van der Waals surface area contributed by atoms with Gasteiger partial charge < -0.3 is 0 Å². The molecule has 1 aliphatic rings. The lowest BCUT2D eigenvalue weighted by molar-refractivity contribution is 0.660. The van der Waals surface area contributed by atoms with E-state index >= 15 is 0 Å². The van der Waals surface area contributed by atoms with Gasteiger partial charge in [0.25, 0.3) is 0 Å². The van der Waals surface area contributed by atoms with Crippen LogP contribution < -0.4 is 0 Å². The van der Waals surface area contributed by atoms with E-state index in [-0.39, 0.29) is 0 Å². The molecule has 0 radical (unpaired) electrons. The van der Waals surface area contributed by atoms with Crippen LogP contribution in [0.2, 0.25) is 19.6 Å². The fraction of sp³-hybridized carbons (Fsp3) is 0.545. The summed E-state index contributed by atoms with van der Waals surface area (Å²) < 4.78 is 0. The smallest absolute Gasteiger partial charge is 0.0771 e. The molecule has 0 saturated heterocycles. The van der Waals surface area contributed by atoms with Crippen LogP contribution in [0.25, 0.3) is 0 Å². The van der Waals surface area contributed by atoms with Crippen molar-refractivity contribution in [3.8, 4) is 0 Å². The Kier molecular flexibility index (Phi) is 5.11. The number of rotatable bonds is 4. The van der Waals surface area contributed by atoms with Crippen LogP contribution in [-0.4, -0.2) is 8.07 Å². The molecule has 0 nitrogen and oxygen atoms in total. The fourth-order valence-electron chi connectivity index (χ4n) is 3.73. The summed E-state index contributed by atoms with van der Waals surface area (Å²) in [6.45, 7) is 21.2. The third-order valence-electron chi connectivity index (χ3n) is 6.06. The van der Waals surface area contributed by atoms with Gasteiger partial charge in [0.05, 0.1) is 8.07 Å². The predicted molar refractivity (Wildman–Crippen MR) is 107 cm³/mol. The third-order valence-corrected chi connectivity index (χ3v) is 8.14. The Bertz CT molecular complexity index is 652. The van der Waals surface area contributed by atoms with Gasteiger partial charge in [-0.1, -0.05) is 49.5 Å². The summed E-state index contributed by atoms with van der Waals surface area (Å²) in [5.74, 6) is 0.638. The van der Waals surface area contributed by atoms with E-state index in [2.05, 4.69) is 73.3 Å². The molecule has 0 bridgehead atoms. The summed E-state index contributed by atoms with van der Waals surface area (Å²) in [7, 11) is -1.17. The fourth-order valence-corrected chi connectivity index (χ4v) is 5.07. The van der Waals surface area contributed by atoms with Gasteiger partial charge in [-0.3, -0.25) is 0 Å². The molecule has 1 aromatic rings. The molecule has 1 unspecified atom stereocenters. The van der Waals surface area contributed by atoms with Gasteiger partial charge in [0.2, 0.25) is 0 Å². The first kappa shape index (κ1) is 18.3. The lowest BCUT2D eigenvalue weighted by Crippen LogP contribution is -2.21. The van der Waals surface area contributed by atoms with Crippen molar-refractivity contribution in [1.29, 1.82) is 0 Å². The highest BCUT2D eigenvalue weighted by atomic mass is 28.3. The van der Waals surface area contributed by atoms with Crippen LogP contribution in [0.15, 0.2) is 22.9 Å². The molecular formula is C22H34Si. The minimum atomic E-state index is -1.17. The van der Waals surface area contributed by atoms with Gasteiger partial charge in [0.15, 0.2) is 0 Å². The average Bonchev–Trinajstić information content (AvgIpc) is 2.97. The summed E-state index contributed by atoms with van der Waals surface area (Å²) in [4.78, 5) is 0. The molecule has 126 valence electrons. The van der Waals surface area contributed by atoms with Gasteiger partial charge in [-0.15, -0.1) is 0 Å². The van der Waals surface area contributed by atoms with Gasteiger partial charge in [-0.2, -0.15) is 0 Å². The molecule has 0 heterocycles. The molecule has 0 saturated carbocycles. The van der Waals surface area contributed by atoms with Gasteiger partial charge in [-0.05, 0) is 86.8 Å². The van der Waals surface area contributed by atoms with Crippen LogP contribution in [0.5, 0.6) is 0 Å². The van der Waals surface area contributed by atoms with Crippen molar-refractivity contribution in [2.24, 2.45) is 5.92 Å². The average molecular weight is 327 g/mol. The van der Waals surface area contributed by atoms with Crippen LogP contribution >= 0.6 is 0 Å². The summed E-state index contributed by atoms with van der Waals surface area (Å²) >= 11 is 0. The minimum Gasteiger partial charge on any atom is -0.0812 e. The van der Waals surface area contributed by atoms with Crippen LogP contribution in [0.3, 0.4) is 0 Å². The SMILES string of the molecule is Cc1c(C)c(C)c(CC(C)C2=CC([Si](C)(C)C)=CC2)c(C)c1C. The maximum absolute atomic E-state index is 2.52. The zero-order valence-electron chi connectivity index (χ0n) is 16.6. The molecule has 1 heteroatoms. The van der Waals surface area contributed by atoms with Crippen LogP contribution in [0.1, 0.15) is 46.7 Å². The van der Waals surface area contributed by atoms with E-state index < -0.39 is 8.07 Å². The molecule has 1 atom stereocenters. The Balaban J connectivity index is 2.28. The van der Waals surface area contributed by atoms with E-state index in [9.17, 15) is 0 Å². The van der Waals surface area contributed by atoms with Crippen LogP contribution in [-0.2, 0) is 6.42 Å². The van der Waals surface area contributed by atoms with E-state index in [0.29, 0.717) is 5.92 Å². The maximum atomic E-state index is 2.52. The zero-order valence-corrected chi connectivity index (χ0v) is 17.6. The van der Waals surface area contributed by atoms with Gasteiger partial charge in [-0.25, -0.2) is 0 Å². The van der Waals surface area contributed by atoms with Gasteiger partial charge in [0.1, 0.15) is 0 Å². The number of hydrogen-bond donors (Lipinski definition) is 0. The van der Waals surface area contributed by atoms with Crippen LogP contribution in [0.4, 0.5) is 0 Å². The topological polar surface area (TPSA) is 0 Å². The summed E-state index contributed by atoms with van der Waals surface area (Å²) in [6, 6.07) is 0. The quantitative estimate of drug-likeness (QED) is 0.551. The normalized spacial score (nSPS) is 16.4. The Hall–Kier alpha value is -1.08. The highest BCUT2D eigenvalue weighted by molar-refractivity contribution is 6.83. The van der Waals surface area contributed by atoms with Crippen molar-refractivity contribution in [3.63, 3.8) is 0 Å². The third kappa shape index (κ3) is 3.55. The van der Waals surface area contributed by atoms with Crippen molar-refractivity contribution in [2.45, 2.75) is 74.0 Å². The van der Waals surface area contributed by atoms with Gasteiger partial charge in [0, 0.05) is 0 Å². The molecule has 0 fully saturated rings. The molecular weight excluding hydrogens is 292 g/mol. The van der Waals surface area contributed by atoms with E-state index in [1.54, 1.807) is 16.3 Å². The van der Waals surface area contributed by atoms with E-state index in [1.807, 2.05) is 0 Å². The second-order valence-corrected chi connectivity index (χ2v) is 13.6. The number of allylic oxidation sites excluding steroid dienone is 4. The lowest BCUT2D eigenvalue weighted by Gasteiger charge is -2.22. The van der Waals surface area contributed by atoms with Crippen molar-refractivity contribution in [2.75, 3.05) is 0 Å². The Morgan fingerprint density at radius 2 is 1.35 bits per heavy atom.